The lowest BCUT2D eigenvalue weighted by atomic mass is 10.2. The van der Waals surface area contributed by atoms with Crippen molar-refractivity contribution in [2.24, 2.45) is 4.99 Å². The van der Waals surface area contributed by atoms with Gasteiger partial charge < -0.3 is 20.1 Å². The number of benzene rings is 1. The molecular formula is C24H31N7O2. The molecule has 1 fully saturated rings. The third-order valence-corrected chi connectivity index (χ3v) is 5.66. The minimum atomic E-state index is 0.334. The standard InChI is InChI=1S/C24H31N7O2/c1-25-24(27-15-18-5-8-26-23(13-18)31-9-4-7-28-31)29-20-6-10-30(17-20)16-19-11-21(32-2)14-22(12-19)33-3/h4-5,7-9,11-14,20H,6,10,15-17H2,1-3H3,(H2,25,27,29). The zero-order chi connectivity index (χ0) is 23.0. The predicted octanol–water partition coefficient (Wildman–Crippen LogP) is 2.22. The van der Waals surface area contributed by atoms with Crippen LogP contribution in [0.5, 0.6) is 11.5 Å². The smallest absolute Gasteiger partial charge is 0.191 e. The second kappa shape index (κ2) is 10.8. The van der Waals surface area contributed by atoms with Crippen LogP contribution in [0.1, 0.15) is 17.5 Å². The summed E-state index contributed by atoms with van der Waals surface area (Å²) < 4.78 is 12.5. The van der Waals surface area contributed by atoms with Crippen molar-refractivity contribution < 1.29 is 9.47 Å². The fraction of sp³-hybridized carbons (Fsp3) is 0.375. The topological polar surface area (TPSA) is 88.8 Å². The molecule has 0 bridgehead atoms. The van der Waals surface area contributed by atoms with Crippen molar-refractivity contribution in [1.82, 2.24) is 30.3 Å². The fourth-order valence-corrected chi connectivity index (χ4v) is 3.98. The van der Waals surface area contributed by atoms with Crippen LogP contribution in [0, 0.1) is 0 Å². The molecule has 2 aromatic heterocycles. The average Bonchev–Trinajstić information content (AvgIpc) is 3.54. The first-order valence-electron chi connectivity index (χ1n) is 11.0. The Morgan fingerprint density at radius 2 is 1.94 bits per heavy atom. The summed E-state index contributed by atoms with van der Waals surface area (Å²) in [6.45, 7) is 3.46. The molecule has 0 saturated carbocycles. The molecule has 1 aromatic carbocycles. The summed E-state index contributed by atoms with van der Waals surface area (Å²) in [6, 6.07) is 12.3. The zero-order valence-corrected chi connectivity index (χ0v) is 19.4. The number of hydrogen-bond donors (Lipinski definition) is 2. The highest BCUT2D eigenvalue weighted by atomic mass is 16.5. The molecule has 0 amide bonds. The molecule has 9 heteroatoms. The van der Waals surface area contributed by atoms with Gasteiger partial charge in [-0.2, -0.15) is 5.10 Å². The van der Waals surface area contributed by atoms with E-state index in [0.717, 1.165) is 54.9 Å². The minimum Gasteiger partial charge on any atom is -0.497 e. The van der Waals surface area contributed by atoms with Crippen LogP contribution >= 0.6 is 0 Å². The van der Waals surface area contributed by atoms with Crippen LogP contribution in [0.2, 0.25) is 0 Å². The van der Waals surface area contributed by atoms with E-state index in [0.29, 0.717) is 12.6 Å². The highest BCUT2D eigenvalue weighted by Crippen LogP contribution is 2.24. The summed E-state index contributed by atoms with van der Waals surface area (Å²) >= 11 is 0. The molecule has 1 aliphatic rings. The first-order chi connectivity index (χ1) is 16.2. The number of rotatable bonds is 8. The Hall–Kier alpha value is -3.59. The van der Waals surface area contributed by atoms with Crippen LogP contribution in [0.4, 0.5) is 0 Å². The SMILES string of the molecule is CN=C(NCc1ccnc(-n2cccn2)c1)NC1CCN(Cc2cc(OC)cc(OC)c2)C1. The molecular weight excluding hydrogens is 418 g/mol. The van der Waals surface area contributed by atoms with Gasteiger partial charge in [-0.15, -0.1) is 0 Å². The number of likely N-dealkylation sites (tertiary alicyclic amines) is 1. The molecule has 1 saturated heterocycles. The van der Waals surface area contributed by atoms with E-state index in [1.807, 2.05) is 30.5 Å². The number of hydrogen-bond acceptors (Lipinski definition) is 6. The minimum absolute atomic E-state index is 0.334. The first-order valence-corrected chi connectivity index (χ1v) is 11.0. The van der Waals surface area contributed by atoms with Crippen LogP contribution in [0.3, 0.4) is 0 Å². The van der Waals surface area contributed by atoms with E-state index < -0.39 is 0 Å². The van der Waals surface area contributed by atoms with Crippen molar-refractivity contribution in [1.29, 1.82) is 0 Å². The summed E-state index contributed by atoms with van der Waals surface area (Å²) in [5.41, 5.74) is 2.29. The first kappa shape index (κ1) is 22.6. The number of nitrogens with zero attached hydrogens (tertiary/aromatic N) is 5. The zero-order valence-electron chi connectivity index (χ0n) is 19.4. The van der Waals surface area contributed by atoms with Gasteiger partial charge in [-0.1, -0.05) is 0 Å². The Morgan fingerprint density at radius 3 is 2.64 bits per heavy atom. The Bertz CT molecular complexity index is 1050. The summed E-state index contributed by atoms with van der Waals surface area (Å²) in [7, 11) is 5.15. The number of aromatic nitrogens is 3. The van der Waals surface area contributed by atoms with Crippen LogP contribution in [-0.2, 0) is 13.1 Å². The number of ether oxygens (including phenoxy) is 2. The van der Waals surface area contributed by atoms with Crippen molar-refractivity contribution in [2.45, 2.75) is 25.6 Å². The van der Waals surface area contributed by atoms with Crippen molar-refractivity contribution in [2.75, 3.05) is 34.4 Å². The Kier molecular flexibility index (Phi) is 7.41. The predicted molar refractivity (Wildman–Crippen MR) is 128 cm³/mol. The molecule has 4 rings (SSSR count). The van der Waals surface area contributed by atoms with Crippen molar-refractivity contribution in [3.05, 3.63) is 66.1 Å². The van der Waals surface area contributed by atoms with E-state index in [9.17, 15) is 0 Å². The van der Waals surface area contributed by atoms with Gasteiger partial charge in [0, 0.05) is 63.9 Å². The normalized spacial score (nSPS) is 16.6. The molecule has 174 valence electrons. The van der Waals surface area contributed by atoms with Gasteiger partial charge in [0.2, 0.25) is 0 Å². The number of pyridine rings is 1. The number of guanidine groups is 1. The van der Waals surface area contributed by atoms with Crippen LogP contribution in [0.25, 0.3) is 5.82 Å². The van der Waals surface area contributed by atoms with Crippen LogP contribution < -0.4 is 20.1 Å². The maximum atomic E-state index is 5.40. The van der Waals surface area contributed by atoms with Crippen molar-refractivity contribution >= 4 is 5.96 Å². The number of aliphatic imine (C=N–C) groups is 1. The van der Waals surface area contributed by atoms with E-state index in [2.05, 4.69) is 42.7 Å². The van der Waals surface area contributed by atoms with Crippen molar-refractivity contribution in [3.8, 4) is 17.3 Å². The van der Waals surface area contributed by atoms with Crippen LogP contribution in [-0.4, -0.2) is 66.0 Å². The molecule has 3 heterocycles. The Balaban J connectivity index is 1.29. The number of methoxy groups -OCH3 is 2. The Morgan fingerprint density at radius 1 is 1.12 bits per heavy atom. The van der Waals surface area contributed by atoms with Gasteiger partial charge in [0.05, 0.1) is 14.2 Å². The lowest BCUT2D eigenvalue weighted by Crippen LogP contribution is -2.44. The molecule has 2 N–H and O–H groups in total. The Labute approximate surface area is 194 Å². The van der Waals surface area contributed by atoms with E-state index in [1.54, 1.807) is 38.3 Å². The lowest BCUT2D eigenvalue weighted by molar-refractivity contribution is 0.321. The average molecular weight is 450 g/mol. The second-order valence-electron chi connectivity index (χ2n) is 7.98. The molecule has 9 nitrogen and oxygen atoms in total. The van der Waals surface area contributed by atoms with Gasteiger partial charge in [-0.25, -0.2) is 9.67 Å². The third kappa shape index (κ3) is 6.01. The molecule has 0 radical (unpaired) electrons. The van der Waals surface area contributed by atoms with E-state index in [-0.39, 0.29) is 0 Å². The van der Waals surface area contributed by atoms with E-state index in [4.69, 9.17) is 9.47 Å². The van der Waals surface area contributed by atoms with Gasteiger partial charge >= 0.3 is 0 Å². The molecule has 3 aromatic rings. The van der Waals surface area contributed by atoms with Crippen LogP contribution in [0.15, 0.2) is 60.0 Å². The number of nitrogens with one attached hydrogen (secondary N) is 2. The van der Waals surface area contributed by atoms with Gasteiger partial charge in [0.15, 0.2) is 11.8 Å². The monoisotopic (exact) mass is 449 g/mol. The largest absolute Gasteiger partial charge is 0.497 e. The maximum Gasteiger partial charge on any atom is 0.191 e. The molecule has 1 aliphatic heterocycles. The second-order valence-corrected chi connectivity index (χ2v) is 7.98. The van der Waals surface area contributed by atoms with E-state index >= 15 is 0 Å². The maximum absolute atomic E-state index is 5.40. The summed E-state index contributed by atoms with van der Waals surface area (Å²) in [5.74, 6) is 3.22. The molecule has 1 unspecified atom stereocenters. The summed E-state index contributed by atoms with van der Waals surface area (Å²) in [4.78, 5) is 11.2. The highest BCUT2D eigenvalue weighted by Gasteiger charge is 2.23. The molecule has 0 spiro atoms. The van der Waals surface area contributed by atoms with Gasteiger partial charge in [-0.3, -0.25) is 9.89 Å². The molecule has 33 heavy (non-hydrogen) atoms. The van der Waals surface area contributed by atoms with Crippen molar-refractivity contribution in [3.63, 3.8) is 0 Å². The van der Waals surface area contributed by atoms with Gasteiger partial charge in [-0.05, 0) is 47.9 Å². The summed E-state index contributed by atoms with van der Waals surface area (Å²) in [5, 5.41) is 11.2. The van der Waals surface area contributed by atoms with E-state index in [1.165, 1.54) is 5.56 Å². The third-order valence-electron chi connectivity index (χ3n) is 5.66. The quantitative estimate of drug-likeness (QED) is 0.403. The highest BCUT2D eigenvalue weighted by molar-refractivity contribution is 5.80. The lowest BCUT2D eigenvalue weighted by Gasteiger charge is -2.19. The van der Waals surface area contributed by atoms with Gasteiger partial charge in [0.1, 0.15) is 11.5 Å². The molecule has 0 aliphatic carbocycles. The van der Waals surface area contributed by atoms with Gasteiger partial charge in [0.25, 0.3) is 0 Å². The molecule has 1 atom stereocenters. The fourth-order valence-electron chi connectivity index (χ4n) is 3.98. The summed E-state index contributed by atoms with van der Waals surface area (Å²) in [6.07, 6.45) is 6.48.